The van der Waals surface area contributed by atoms with Gasteiger partial charge in [-0.1, -0.05) is 5.16 Å². The summed E-state index contributed by atoms with van der Waals surface area (Å²) >= 11 is 5.76. The lowest BCUT2D eigenvalue weighted by Gasteiger charge is -2.07. The van der Waals surface area contributed by atoms with Crippen molar-refractivity contribution in [3.05, 3.63) is 40.7 Å². The van der Waals surface area contributed by atoms with Gasteiger partial charge in [-0.2, -0.15) is 0 Å². The van der Waals surface area contributed by atoms with Crippen molar-refractivity contribution in [3.63, 3.8) is 0 Å². The molecule has 0 saturated carbocycles. The lowest BCUT2D eigenvalue weighted by molar-refractivity contribution is -0.146. The number of anilines is 1. The molecular formula is C15H15ClN2O5. The Bertz CT molecular complexity index is 677. The number of hydrogen-bond donors (Lipinski definition) is 1. The van der Waals surface area contributed by atoms with E-state index in [1.54, 1.807) is 38.3 Å². The summed E-state index contributed by atoms with van der Waals surface area (Å²) in [5.41, 5.74) is 1.53. The lowest BCUT2D eigenvalue weighted by atomic mass is 10.2. The van der Waals surface area contributed by atoms with Gasteiger partial charge in [-0.15, -0.1) is 0 Å². The van der Waals surface area contributed by atoms with E-state index in [0.29, 0.717) is 22.7 Å². The molecule has 1 heterocycles. The van der Waals surface area contributed by atoms with Crippen molar-refractivity contribution in [3.8, 4) is 5.75 Å². The molecule has 7 nitrogen and oxygen atoms in total. The van der Waals surface area contributed by atoms with Gasteiger partial charge in [0.1, 0.15) is 5.75 Å². The number of carbonyl (C=O) groups excluding carboxylic acids is 2. The third kappa shape index (κ3) is 4.72. The number of methoxy groups -OCH3 is 1. The first kappa shape index (κ1) is 16.8. The first-order chi connectivity index (χ1) is 11.0. The Kier molecular flexibility index (Phi) is 5.59. The van der Waals surface area contributed by atoms with Crippen LogP contribution in [0.5, 0.6) is 5.75 Å². The first-order valence-electron chi connectivity index (χ1n) is 6.69. The molecule has 0 aliphatic rings. The number of aryl methyl sites for hydroxylation is 1. The maximum absolute atomic E-state index is 11.7. The van der Waals surface area contributed by atoms with Gasteiger partial charge in [0.15, 0.2) is 6.61 Å². The third-order valence-corrected chi connectivity index (χ3v) is 3.29. The standard InChI is InChI=1S/C15H15ClN2O5/c1-9-12(15(16)23-18-9)7-14(20)22-8-13(19)17-10-3-5-11(21-2)6-4-10/h3-6H,7-8H2,1-2H3,(H,17,19). The summed E-state index contributed by atoms with van der Waals surface area (Å²) in [7, 11) is 1.55. The maximum Gasteiger partial charge on any atom is 0.311 e. The van der Waals surface area contributed by atoms with Crippen molar-refractivity contribution in [1.29, 1.82) is 0 Å². The van der Waals surface area contributed by atoms with Crippen LogP contribution < -0.4 is 10.1 Å². The van der Waals surface area contributed by atoms with Gasteiger partial charge in [0.2, 0.25) is 5.22 Å². The number of halogens is 1. The highest BCUT2D eigenvalue weighted by molar-refractivity contribution is 6.29. The number of ether oxygens (including phenoxy) is 2. The number of carbonyl (C=O) groups is 2. The van der Waals surface area contributed by atoms with Crippen LogP contribution >= 0.6 is 11.6 Å². The average molecular weight is 339 g/mol. The van der Waals surface area contributed by atoms with Crippen molar-refractivity contribution in [1.82, 2.24) is 5.16 Å². The molecule has 2 rings (SSSR count). The molecule has 0 bridgehead atoms. The molecule has 1 N–H and O–H groups in total. The summed E-state index contributed by atoms with van der Waals surface area (Å²) in [6.45, 7) is 1.27. The number of benzene rings is 1. The molecule has 0 spiro atoms. The molecule has 0 aliphatic heterocycles. The monoisotopic (exact) mass is 338 g/mol. The summed E-state index contributed by atoms with van der Waals surface area (Å²) in [6.07, 6.45) is -0.107. The van der Waals surface area contributed by atoms with E-state index < -0.39 is 18.5 Å². The predicted octanol–water partition coefficient (Wildman–Crippen LogP) is 2.37. The molecule has 0 aliphatic carbocycles. The average Bonchev–Trinajstić information content (AvgIpc) is 2.85. The molecule has 1 aromatic carbocycles. The van der Waals surface area contributed by atoms with Crippen LogP contribution in [0.3, 0.4) is 0 Å². The number of nitrogens with zero attached hydrogens (tertiary/aromatic N) is 1. The van der Waals surface area contributed by atoms with Gasteiger partial charge in [0.05, 0.1) is 19.2 Å². The van der Waals surface area contributed by atoms with Crippen molar-refractivity contribution >= 4 is 29.2 Å². The van der Waals surface area contributed by atoms with E-state index in [4.69, 9.17) is 25.6 Å². The number of nitrogens with one attached hydrogen (secondary N) is 1. The van der Waals surface area contributed by atoms with Gasteiger partial charge in [-0.05, 0) is 42.8 Å². The van der Waals surface area contributed by atoms with Gasteiger partial charge in [0.25, 0.3) is 5.91 Å². The molecule has 0 fully saturated rings. The minimum atomic E-state index is -0.594. The van der Waals surface area contributed by atoms with Gasteiger partial charge in [-0.3, -0.25) is 9.59 Å². The minimum absolute atomic E-state index is 0.0436. The van der Waals surface area contributed by atoms with Crippen LogP contribution in [0.1, 0.15) is 11.3 Å². The van der Waals surface area contributed by atoms with Crippen LogP contribution in [-0.4, -0.2) is 30.7 Å². The number of hydrogen-bond acceptors (Lipinski definition) is 6. The SMILES string of the molecule is COc1ccc(NC(=O)COC(=O)Cc2c(C)noc2Cl)cc1. The maximum atomic E-state index is 11.7. The number of rotatable bonds is 6. The van der Waals surface area contributed by atoms with E-state index in [1.165, 1.54) is 0 Å². The second-order valence-electron chi connectivity index (χ2n) is 4.63. The van der Waals surface area contributed by atoms with Crippen molar-refractivity contribution in [2.75, 3.05) is 19.0 Å². The predicted molar refractivity (Wildman–Crippen MR) is 82.5 cm³/mol. The van der Waals surface area contributed by atoms with E-state index in [0.717, 1.165) is 0 Å². The van der Waals surface area contributed by atoms with E-state index in [9.17, 15) is 9.59 Å². The largest absolute Gasteiger partial charge is 0.497 e. The molecule has 0 radical (unpaired) electrons. The Morgan fingerprint density at radius 1 is 1.30 bits per heavy atom. The van der Waals surface area contributed by atoms with Crippen LogP contribution in [-0.2, 0) is 20.7 Å². The molecule has 122 valence electrons. The molecule has 2 aromatic rings. The molecule has 0 unspecified atom stereocenters. The van der Waals surface area contributed by atoms with Crippen LogP contribution in [0.25, 0.3) is 0 Å². The zero-order valence-corrected chi connectivity index (χ0v) is 13.3. The van der Waals surface area contributed by atoms with Crippen molar-refractivity contribution < 1.29 is 23.6 Å². The van der Waals surface area contributed by atoms with Gasteiger partial charge >= 0.3 is 5.97 Å². The Morgan fingerprint density at radius 2 is 2.00 bits per heavy atom. The van der Waals surface area contributed by atoms with Crippen LogP contribution in [0.15, 0.2) is 28.8 Å². The highest BCUT2D eigenvalue weighted by Crippen LogP contribution is 2.19. The molecule has 8 heteroatoms. The smallest absolute Gasteiger partial charge is 0.311 e. The zero-order chi connectivity index (χ0) is 16.8. The van der Waals surface area contributed by atoms with Gasteiger partial charge < -0.3 is 19.3 Å². The van der Waals surface area contributed by atoms with E-state index in [-0.39, 0.29) is 11.6 Å². The molecule has 0 atom stereocenters. The fourth-order valence-corrected chi connectivity index (χ4v) is 2.01. The number of amides is 1. The third-order valence-electron chi connectivity index (χ3n) is 3.00. The Balaban J connectivity index is 1.80. The van der Waals surface area contributed by atoms with Crippen molar-refractivity contribution in [2.45, 2.75) is 13.3 Å². The summed E-state index contributed by atoms with van der Waals surface area (Å²) in [5.74, 6) is -0.366. The second kappa shape index (κ2) is 7.64. The normalized spacial score (nSPS) is 10.2. The summed E-state index contributed by atoms with van der Waals surface area (Å²) in [5, 5.41) is 6.28. The van der Waals surface area contributed by atoms with E-state index in [1.807, 2.05) is 0 Å². The van der Waals surface area contributed by atoms with E-state index >= 15 is 0 Å². The topological polar surface area (TPSA) is 90.7 Å². The minimum Gasteiger partial charge on any atom is -0.497 e. The summed E-state index contributed by atoms with van der Waals surface area (Å²) in [6, 6.07) is 6.77. The highest BCUT2D eigenvalue weighted by Gasteiger charge is 2.16. The van der Waals surface area contributed by atoms with Crippen molar-refractivity contribution in [2.24, 2.45) is 0 Å². The lowest BCUT2D eigenvalue weighted by Crippen LogP contribution is -2.21. The second-order valence-corrected chi connectivity index (χ2v) is 4.98. The van der Waals surface area contributed by atoms with Crippen LogP contribution in [0.4, 0.5) is 5.69 Å². The Hall–Kier alpha value is -2.54. The number of aromatic nitrogens is 1. The summed E-state index contributed by atoms with van der Waals surface area (Å²) in [4.78, 5) is 23.4. The van der Waals surface area contributed by atoms with Gasteiger partial charge in [0, 0.05) is 11.3 Å². The fourth-order valence-electron chi connectivity index (χ4n) is 1.77. The Morgan fingerprint density at radius 3 is 2.57 bits per heavy atom. The number of esters is 1. The fraction of sp³-hybridized carbons (Fsp3) is 0.267. The summed E-state index contributed by atoms with van der Waals surface area (Å²) < 4.78 is 14.7. The molecule has 23 heavy (non-hydrogen) atoms. The molecule has 1 aromatic heterocycles. The van der Waals surface area contributed by atoms with Crippen LogP contribution in [0, 0.1) is 6.92 Å². The molecule has 0 saturated heterocycles. The first-order valence-corrected chi connectivity index (χ1v) is 7.07. The Labute approximate surface area is 137 Å². The zero-order valence-electron chi connectivity index (χ0n) is 12.6. The quantitative estimate of drug-likeness (QED) is 0.813. The molecular weight excluding hydrogens is 324 g/mol. The molecule has 1 amide bonds. The van der Waals surface area contributed by atoms with E-state index in [2.05, 4.69) is 10.5 Å². The van der Waals surface area contributed by atoms with Gasteiger partial charge in [-0.25, -0.2) is 0 Å². The highest BCUT2D eigenvalue weighted by atomic mass is 35.5. The van der Waals surface area contributed by atoms with Crippen LogP contribution in [0.2, 0.25) is 5.22 Å².